The van der Waals surface area contributed by atoms with Crippen molar-refractivity contribution in [1.29, 1.82) is 0 Å². The van der Waals surface area contributed by atoms with Gasteiger partial charge < -0.3 is 22.5 Å². The van der Waals surface area contributed by atoms with E-state index in [2.05, 4.69) is 22.2 Å². The van der Waals surface area contributed by atoms with Crippen molar-refractivity contribution in [2.24, 2.45) is 7.05 Å². The van der Waals surface area contributed by atoms with E-state index in [1.54, 1.807) is 11.3 Å². The van der Waals surface area contributed by atoms with Gasteiger partial charge in [-0.1, -0.05) is 119 Å². The highest BCUT2D eigenvalue weighted by molar-refractivity contribution is 7.12. The van der Waals surface area contributed by atoms with E-state index in [1.807, 2.05) is 61.8 Å². The zero-order chi connectivity index (χ0) is 26.1. The number of unbranched alkanes of at least 4 members (excludes halogenated alkanes) is 11. The molecule has 1 amide bonds. The molecule has 0 aliphatic rings. The molecule has 0 saturated carbocycles. The Bertz CT molecular complexity index is 1070. The molecule has 6 heteroatoms. The summed E-state index contributed by atoms with van der Waals surface area (Å²) in [4.78, 5) is 13.0. The van der Waals surface area contributed by atoms with E-state index < -0.39 is 0 Å². The maximum Gasteiger partial charge on any atom is 0.270 e. The molecule has 3 aromatic rings. The third-order valence-corrected chi connectivity index (χ3v) is 7.78. The summed E-state index contributed by atoms with van der Waals surface area (Å²) >= 11 is 1.66. The van der Waals surface area contributed by atoms with E-state index in [0.717, 1.165) is 34.0 Å². The van der Waals surface area contributed by atoms with Crippen molar-refractivity contribution < 1.29 is 26.5 Å². The number of anilines is 1. The number of halogens is 1. The zero-order valence-corrected chi connectivity index (χ0v) is 24.8. The van der Waals surface area contributed by atoms with Gasteiger partial charge in [0.1, 0.15) is 12.8 Å². The van der Waals surface area contributed by atoms with E-state index in [-0.39, 0.29) is 18.3 Å². The van der Waals surface area contributed by atoms with Crippen LogP contribution in [0, 0.1) is 0 Å². The SMILES string of the molecule is CCCCCCCCCCCCCCOc1ccccc1CC(=O)Nc1ccccc1-c1scc[n+]1C.[Cl-]. The van der Waals surface area contributed by atoms with Crippen LogP contribution in [0.5, 0.6) is 5.75 Å². The first-order chi connectivity index (χ1) is 18.2. The summed E-state index contributed by atoms with van der Waals surface area (Å²) < 4.78 is 8.17. The normalized spacial score (nSPS) is 10.7. The summed E-state index contributed by atoms with van der Waals surface area (Å²) in [5.74, 6) is 0.784. The van der Waals surface area contributed by atoms with Gasteiger partial charge in [-0.2, -0.15) is 4.57 Å². The molecule has 4 nitrogen and oxygen atoms in total. The second kappa shape index (κ2) is 18.8. The minimum atomic E-state index is -0.0342. The van der Waals surface area contributed by atoms with Gasteiger partial charge in [-0.15, -0.1) is 0 Å². The van der Waals surface area contributed by atoms with Gasteiger partial charge in [0.05, 0.1) is 29.7 Å². The van der Waals surface area contributed by atoms with Crippen LogP contribution in [0.25, 0.3) is 10.6 Å². The van der Waals surface area contributed by atoms with Gasteiger partial charge in [-0.3, -0.25) is 4.79 Å². The lowest BCUT2D eigenvalue weighted by Gasteiger charge is -2.12. The molecule has 1 aromatic heterocycles. The summed E-state index contributed by atoms with van der Waals surface area (Å²) in [5.41, 5.74) is 2.79. The monoisotopic (exact) mass is 556 g/mol. The van der Waals surface area contributed by atoms with Gasteiger partial charge in [-0.05, 0) is 24.6 Å². The van der Waals surface area contributed by atoms with Crippen molar-refractivity contribution in [3.63, 3.8) is 0 Å². The van der Waals surface area contributed by atoms with Crippen molar-refractivity contribution in [3.05, 3.63) is 65.7 Å². The van der Waals surface area contributed by atoms with Crippen LogP contribution in [-0.2, 0) is 18.3 Å². The summed E-state index contributed by atoms with van der Waals surface area (Å²) in [6.07, 6.45) is 18.3. The van der Waals surface area contributed by atoms with Gasteiger partial charge in [0.15, 0.2) is 6.20 Å². The quantitative estimate of drug-likeness (QED) is 0.166. The average Bonchev–Trinajstić information content (AvgIpc) is 3.33. The summed E-state index contributed by atoms with van der Waals surface area (Å²) in [6.45, 7) is 2.98. The topological polar surface area (TPSA) is 42.2 Å². The molecule has 208 valence electrons. The number of hydrogen-bond donors (Lipinski definition) is 1. The van der Waals surface area contributed by atoms with Crippen LogP contribution in [0.15, 0.2) is 60.1 Å². The molecule has 0 unspecified atom stereocenters. The number of ether oxygens (including phenoxy) is 1. The molecule has 3 rings (SSSR count). The van der Waals surface area contributed by atoms with E-state index in [1.165, 1.54) is 70.6 Å². The molecule has 38 heavy (non-hydrogen) atoms. The number of aryl methyl sites for hydroxylation is 1. The van der Waals surface area contributed by atoms with Crippen LogP contribution in [-0.4, -0.2) is 12.5 Å². The van der Waals surface area contributed by atoms with Crippen molar-refractivity contribution in [3.8, 4) is 16.3 Å². The summed E-state index contributed by atoms with van der Waals surface area (Å²) in [7, 11) is 2.02. The predicted molar refractivity (Wildman–Crippen MR) is 156 cm³/mol. The smallest absolute Gasteiger partial charge is 0.270 e. The number of hydrogen-bond acceptors (Lipinski definition) is 3. The molecular weight excluding hydrogens is 512 g/mol. The van der Waals surface area contributed by atoms with E-state index in [9.17, 15) is 4.79 Å². The van der Waals surface area contributed by atoms with Crippen LogP contribution >= 0.6 is 11.3 Å². The standard InChI is InChI=1S/C32H44N2O2S.ClH/c1-3-4-5-6-7-8-9-10-11-12-13-18-24-36-30-22-17-14-19-27(30)26-31(35)33-29-21-16-15-20-28(29)32-34(2)23-25-37-32;/h14-17,19-23,25H,3-13,18,24,26H2,1-2H3;1H. The maximum absolute atomic E-state index is 13.0. The fourth-order valence-electron chi connectivity index (χ4n) is 4.65. The van der Waals surface area contributed by atoms with Crippen LogP contribution in [0.3, 0.4) is 0 Å². The Balaban J connectivity index is 0.00000507. The molecule has 0 spiro atoms. The first-order valence-electron chi connectivity index (χ1n) is 14.2. The van der Waals surface area contributed by atoms with E-state index in [0.29, 0.717) is 13.0 Å². The van der Waals surface area contributed by atoms with Crippen molar-refractivity contribution in [2.45, 2.75) is 90.4 Å². The second-order valence-electron chi connectivity index (χ2n) is 9.93. The molecule has 2 aromatic carbocycles. The van der Waals surface area contributed by atoms with Gasteiger partial charge in [0.25, 0.3) is 5.01 Å². The third-order valence-electron chi connectivity index (χ3n) is 6.80. The Morgan fingerprint density at radius 1 is 0.842 bits per heavy atom. The first kappa shape index (κ1) is 31.8. The average molecular weight is 557 g/mol. The number of amides is 1. The Morgan fingerprint density at radius 2 is 1.45 bits per heavy atom. The van der Waals surface area contributed by atoms with Gasteiger partial charge in [0, 0.05) is 5.56 Å². The molecule has 1 N–H and O–H groups in total. The molecular formula is C32H45ClN2O2S. The van der Waals surface area contributed by atoms with Crippen molar-refractivity contribution >= 4 is 22.9 Å². The van der Waals surface area contributed by atoms with Crippen LogP contribution in [0.1, 0.15) is 89.5 Å². The van der Waals surface area contributed by atoms with E-state index >= 15 is 0 Å². The number of nitrogens with zero attached hydrogens (tertiary/aromatic N) is 1. The lowest BCUT2D eigenvalue weighted by molar-refractivity contribution is -0.655. The third kappa shape index (κ3) is 11.2. The summed E-state index contributed by atoms with van der Waals surface area (Å²) in [6, 6.07) is 15.9. The van der Waals surface area contributed by atoms with Crippen LogP contribution in [0.4, 0.5) is 5.69 Å². The predicted octanol–water partition coefficient (Wildman–Crippen LogP) is 5.50. The van der Waals surface area contributed by atoms with Gasteiger partial charge in [-0.25, -0.2) is 0 Å². The Hall–Kier alpha value is -2.37. The largest absolute Gasteiger partial charge is 1.00 e. The van der Waals surface area contributed by atoms with Crippen LogP contribution < -0.4 is 27.0 Å². The first-order valence-corrected chi connectivity index (χ1v) is 15.1. The lowest BCUT2D eigenvalue weighted by Crippen LogP contribution is -3.00. The highest BCUT2D eigenvalue weighted by Gasteiger charge is 2.17. The Labute approximate surface area is 240 Å². The Kier molecular flexibility index (Phi) is 15.8. The number of para-hydroxylation sites is 2. The number of benzene rings is 2. The molecule has 0 atom stereocenters. The molecule has 0 bridgehead atoms. The molecule has 0 radical (unpaired) electrons. The highest BCUT2D eigenvalue weighted by atomic mass is 35.5. The fourth-order valence-corrected chi connectivity index (χ4v) is 5.56. The lowest BCUT2D eigenvalue weighted by atomic mass is 10.1. The Morgan fingerprint density at radius 3 is 2.11 bits per heavy atom. The number of thiazole rings is 1. The van der Waals surface area contributed by atoms with Gasteiger partial charge in [0.2, 0.25) is 5.91 Å². The number of nitrogens with one attached hydrogen (secondary N) is 1. The molecule has 0 aliphatic heterocycles. The zero-order valence-electron chi connectivity index (χ0n) is 23.2. The maximum atomic E-state index is 13.0. The summed E-state index contributed by atoms with van der Waals surface area (Å²) in [5, 5.41) is 6.28. The van der Waals surface area contributed by atoms with E-state index in [4.69, 9.17) is 4.74 Å². The number of aromatic nitrogens is 1. The fraction of sp³-hybridized carbons (Fsp3) is 0.500. The number of carbonyl (C=O) groups excluding carboxylic acids is 1. The molecule has 0 saturated heterocycles. The molecule has 1 heterocycles. The minimum Gasteiger partial charge on any atom is -1.00 e. The molecule has 0 fully saturated rings. The van der Waals surface area contributed by atoms with Crippen LogP contribution in [0.2, 0.25) is 0 Å². The minimum absolute atomic E-state index is 0. The van der Waals surface area contributed by atoms with Crippen molar-refractivity contribution in [2.75, 3.05) is 11.9 Å². The molecule has 0 aliphatic carbocycles. The van der Waals surface area contributed by atoms with Crippen molar-refractivity contribution in [1.82, 2.24) is 0 Å². The van der Waals surface area contributed by atoms with Gasteiger partial charge >= 0.3 is 0 Å². The second-order valence-corrected chi connectivity index (χ2v) is 10.8. The number of carbonyl (C=O) groups is 1. The highest BCUT2D eigenvalue weighted by Crippen LogP contribution is 2.29. The number of rotatable bonds is 18.